The van der Waals surface area contributed by atoms with Crippen LogP contribution in [0.15, 0.2) is 36.4 Å². The van der Waals surface area contributed by atoms with E-state index in [4.69, 9.17) is 4.74 Å². The van der Waals surface area contributed by atoms with Gasteiger partial charge in [-0.2, -0.15) is 0 Å². The highest BCUT2D eigenvalue weighted by molar-refractivity contribution is 6.23. The molecule has 2 amide bonds. The zero-order valence-electron chi connectivity index (χ0n) is 11.8. The van der Waals surface area contributed by atoms with Crippen molar-refractivity contribution in [3.05, 3.63) is 46.5 Å². The standard InChI is InChI=1S/C15H12N2O6/c18-7-15-6-5-10(23-15)11-12(15)14(20)16(13(11)19)8-1-3-9(4-2-8)17(21)22/h1-6,10-12,18H,7H2/t10-,11+,12+,15-/m1/s1. The van der Waals surface area contributed by atoms with Gasteiger partial charge in [-0.15, -0.1) is 0 Å². The van der Waals surface area contributed by atoms with Gasteiger partial charge in [-0.3, -0.25) is 19.7 Å². The van der Waals surface area contributed by atoms with Gasteiger partial charge >= 0.3 is 0 Å². The summed E-state index contributed by atoms with van der Waals surface area (Å²) in [6.07, 6.45) is 2.82. The fraction of sp³-hybridized carbons (Fsp3) is 0.333. The SMILES string of the molecule is O=C1[C@@H]2[C@@H](C(=O)N1c1ccc([N+](=O)[O-])cc1)[C@]1(CO)C=C[C@H]2O1. The molecule has 8 nitrogen and oxygen atoms in total. The van der Waals surface area contributed by atoms with Gasteiger partial charge < -0.3 is 9.84 Å². The van der Waals surface area contributed by atoms with Gasteiger partial charge in [0.15, 0.2) is 0 Å². The van der Waals surface area contributed by atoms with Crippen molar-refractivity contribution in [2.24, 2.45) is 11.8 Å². The third kappa shape index (κ3) is 1.67. The number of ether oxygens (including phenoxy) is 1. The number of non-ortho nitro benzene ring substituents is 1. The molecule has 0 radical (unpaired) electrons. The Morgan fingerprint density at radius 2 is 1.96 bits per heavy atom. The fourth-order valence-electron chi connectivity index (χ4n) is 3.66. The topological polar surface area (TPSA) is 110 Å². The zero-order valence-corrected chi connectivity index (χ0v) is 11.8. The van der Waals surface area contributed by atoms with Gasteiger partial charge in [0.2, 0.25) is 11.8 Å². The first kappa shape index (κ1) is 14.0. The molecule has 2 saturated heterocycles. The number of hydrogen-bond acceptors (Lipinski definition) is 6. The molecule has 4 atom stereocenters. The molecule has 8 heteroatoms. The van der Waals surface area contributed by atoms with Gasteiger partial charge in [0.25, 0.3) is 5.69 Å². The lowest BCUT2D eigenvalue weighted by atomic mass is 9.77. The number of carbonyl (C=O) groups excluding carboxylic acids is 2. The van der Waals surface area contributed by atoms with Crippen molar-refractivity contribution < 1.29 is 24.4 Å². The molecule has 2 fully saturated rings. The minimum absolute atomic E-state index is 0.120. The number of imide groups is 1. The summed E-state index contributed by atoms with van der Waals surface area (Å²) in [6, 6.07) is 5.23. The molecule has 0 aromatic heterocycles. The molecule has 3 heterocycles. The van der Waals surface area contributed by atoms with Crippen molar-refractivity contribution in [1.82, 2.24) is 0 Å². The summed E-state index contributed by atoms with van der Waals surface area (Å²) in [7, 11) is 0. The highest BCUT2D eigenvalue weighted by Gasteiger charge is 2.67. The molecule has 3 aliphatic heterocycles. The van der Waals surface area contributed by atoms with Gasteiger partial charge in [0.1, 0.15) is 5.60 Å². The maximum Gasteiger partial charge on any atom is 0.269 e. The lowest BCUT2D eigenvalue weighted by Crippen LogP contribution is -2.43. The van der Waals surface area contributed by atoms with Crippen LogP contribution in [0.25, 0.3) is 0 Å². The Bertz CT molecular complexity index is 758. The van der Waals surface area contributed by atoms with Crippen LogP contribution in [0.2, 0.25) is 0 Å². The molecule has 23 heavy (non-hydrogen) atoms. The number of amides is 2. The number of nitrogens with zero attached hydrogens (tertiary/aromatic N) is 2. The second-order valence-electron chi connectivity index (χ2n) is 5.84. The molecule has 1 N–H and O–H groups in total. The predicted molar refractivity (Wildman–Crippen MR) is 76.4 cm³/mol. The van der Waals surface area contributed by atoms with Crippen LogP contribution in [0.5, 0.6) is 0 Å². The molecule has 0 spiro atoms. The first-order valence-electron chi connectivity index (χ1n) is 7.09. The van der Waals surface area contributed by atoms with E-state index in [0.717, 1.165) is 4.90 Å². The third-order valence-electron chi connectivity index (χ3n) is 4.72. The Balaban J connectivity index is 1.72. The van der Waals surface area contributed by atoms with E-state index in [1.54, 1.807) is 12.2 Å². The molecule has 118 valence electrons. The van der Waals surface area contributed by atoms with E-state index < -0.39 is 40.3 Å². The highest BCUT2D eigenvalue weighted by atomic mass is 16.6. The maximum absolute atomic E-state index is 12.7. The quantitative estimate of drug-likeness (QED) is 0.374. The molecule has 2 bridgehead atoms. The smallest absolute Gasteiger partial charge is 0.269 e. The van der Waals surface area contributed by atoms with Gasteiger partial charge in [0.05, 0.1) is 35.2 Å². The number of carbonyl (C=O) groups is 2. The maximum atomic E-state index is 12.7. The largest absolute Gasteiger partial charge is 0.393 e. The minimum atomic E-state index is -1.14. The summed E-state index contributed by atoms with van der Waals surface area (Å²) < 4.78 is 5.63. The summed E-state index contributed by atoms with van der Waals surface area (Å²) in [5, 5.41) is 20.3. The number of nitro groups is 1. The van der Waals surface area contributed by atoms with Gasteiger partial charge in [-0.05, 0) is 12.1 Å². The summed E-state index contributed by atoms with van der Waals surface area (Å²) in [6.45, 7) is -0.381. The van der Waals surface area contributed by atoms with E-state index in [-0.39, 0.29) is 18.0 Å². The number of aliphatic hydroxyl groups is 1. The highest BCUT2D eigenvalue weighted by Crippen LogP contribution is 2.52. The lowest BCUT2D eigenvalue weighted by molar-refractivity contribution is -0.384. The van der Waals surface area contributed by atoms with E-state index in [9.17, 15) is 24.8 Å². The van der Waals surface area contributed by atoms with Crippen LogP contribution in [0, 0.1) is 22.0 Å². The van der Waals surface area contributed by atoms with Crippen LogP contribution in [-0.2, 0) is 14.3 Å². The van der Waals surface area contributed by atoms with Crippen LogP contribution in [0.4, 0.5) is 11.4 Å². The number of rotatable bonds is 3. The molecule has 1 aromatic carbocycles. The summed E-state index contributed by atoms with van der Waals surface area (Å²) >= 11 is 0. The first-order valence-corrected chi connectivity index (χ1v) is 7.09. The Morgan fingerprint density at radius 3 is 2.57 bits per heavy atom. The Kier molecular flexibility index (Phi) is 2.72. The van der Waals surface area contributed by atoms with Crippen LogP contribution < -0.4 is 4.90 Å². The molecule has 3 aliphatic rings. The van der Waals surface area contributed by atoms with Crippen molar-refractivity contribution in [1.29, 1.82) is 0 Å². The van der Waals surface area contributed by atoms with Crippen LogP contribution in [-0.4, -0.2) is 40.2 Å². The van der Waals surface area contributed by atoms with Gasteiger partial charge in [0, 0.05) is 12.1 Å². The lowest BCUT2D eigenvalue weighted by Gasteiger charge is -2.26. The summed E-state index contributed by atoms with van der Waals surface area (Å²) in [5.74, 6) is -2.27. The molecule has 0 aliphatic carbocycles. The molecule has 1 aromatic rings. The normalized spacial score (nSPS) is 34.3. The Morgan fingerprint density at radius 1 is 1.26 bits per heavy atom. The third-order valence-corrected chi connectivity index (χ3v) is 4.72. The van der Waals surface area contributed by atoms with E-state index in [2.05, 4.69) is 0 Å². The number of nitro benzene ring substituents is 1. The molecule has 0 saturated carbocycles. The second-order valence-corrected chi connectivity index (χ2v) is 5.84. The second kappa shape index (κ2) is 4.46. The average Bonchev–Trinajstić information content (AvgIpc) is 3.19. The van der Waals surface area contributed by atoms with E-state index in [0.29, 0.717) is 0 Å². The van der Waals surface area contributed by atoms with Crippen molar-refractivity contribution in [2.75, 3.05) is 11.5 Å². The van der Waals surface area contributed by atoms with E-state index in [1.807, 2.05) is 0 Å². The number of hydrogen-bond donors (Lipinski definition) is 1. The number of anilines is 1. The Hall–Kier alpha value is -2.58. The van der Waals surface area contributed by atoms with Crippen molar-refractivity contribution >= 4 is 23.2 Å². The summed E-state index contributed by atoms with van der Waals surface area (Å²) in [4.78, 5) is 36.5. The number of aliphatic hydroxyl groups excluding tert-OH is 1. The predicted octanol–water partition coefficient (Wildman–Crippen LogP) is 0.400. The molecule has 0 unspecified atom stereocenters. The van der Waals surface area contributed by atoms with Gasteiger partial charge in [-0.1, -0.05) is 12.2 Å². The number of benzene rings is 1. The van der Waals surface area contributed by atoms with Crippen molar-refractivity contribution in [2.45, 2.75) is 11.7 Å². The van der Waals surface area contributed by atoms with Crippen LogP contribution in [0.1, 0.15) is 0 Å². The molecular formula is C15H12N2O6. The fourth-order valence-corrected chi connectivity index (χ4v) is 3.66. The van der Waals surface area contributed by atoms with E-state index >= 15 is 0 Å². The monoisotopic (exact) mass is 316 g/mol. The van der Waals surface area contributed by atoms with Gasteiger partial charge in [-0.25, -0.2) is 4.90 Å². The zero-order chi connectivity index (χ0) is 16.4. The molecule has 4 rings (SSSR count). The van der Waals surface area contributed by atoms with Crippen LogP contribution in [0.3, 0.4) is 0 Å². The van der Waals surface area contributed by atoms with Crippen molar-refractivity contribution in [3.63, 3.8) is 0 Å². The number of fused-ring (bicyclic) bond motifs is 5. The first-order chi connectivity index (χ1) is 11.0. The average molecular weight is 316 g/mol. The molecular weight excluding hydrogens is 304 g/mol. The Labute approximate surface area is 130 Å². The minimum Gasteiger partial charge on any atom is -0.393 e. The van der Waals surface area contributed by atoms with Crippen LogP contribution >= 0.6 is 0 Å². The van der Waals surface area contributed by atoms with Crippen molar-refractivity contribution in [3.8, 4) is 0 Å². The summed E-state index contributed by atoms with van der Waals surface area (Å²) in [5.41, 5.74) is -0.977. The van der Waals surface area contributed by atoms with E-state index in [1.165, 1.54) is 24.3 Å².